The summed E-state index contributed by atoms with van der Waals surface area (Å²) < 4.78 is 11.6. The van der Waals surface area contributed by atoms with Crippen LogP contribution in [0, 0.1) is 0 Å². The molecule has 0 aliphatic rings. The van der Waals surface area contributed by atoms with E-state index in [-0.39, 0.29) is 11.7 Å². The Morgan fingerprint density at radius 3 is 2.44 bits per heavy atom. The first-order valence-electron chi connectivity index (χ1n) is 9.67. The number of fused-ring (bicyclic) bond motifs is 1. The van der Waals surface area contributed by atoms with Gasteiger partial charge in [0, 0.05) is 11.3 Å². The molecule has 0 bridgehead atoms. The fourth-order valence-electron chi connectivity index (χ4n) is 2.99. The molecule has 4 rings (SSSR count). The van der Waals surface area contributed by atoms with Crippen molar-refractivity contribution >= 4 is 35.0 Å². The van der Waals surface area contributed by atoms with Crippen LogP contribution in [-0.4, -0.2) is 46.4 Å². The number of amides is 1. The summed E-state index contributed by atoms with van der Waals surface area (Å²) in [6.45, 7) is 0. The van der Waals surface area contributed by atoms with Crippen LogP contribution in [0.2, 0.25) is 0 Å². The summed E-state index contributed by atoms with van der Waals surface area (Å²) in [6, 6.07) is 17.9. The summed E-state index contributed by atoms with van der Waals surface area (Å²) in [7, 11) is 2.95. The third-order valence-electron chi connectivity index (χ3n) is 4.62. The van der Waals surface area contributed by atoms with Gasteiger partial charge >= 0.3 is 5.97 Å². The van der Waals surface area contributed by atoms with Gasteiger partial charge in [0.2, 0.25) is 5.91 Å². The van der Waals surface area contributed by atoms with Gasteiger partial charge in [-0.1, -0.05) is 11.8 Å². The Labute approximate surface area is 188 Å². The number of esters is 1. The quantitative estimate of drug-likeness (QED) is 0.338. The van der Waals surface area contributed by atoms with E-state index < -0.39 is 5.97 Å². The molecule has 2 aromatic heterocycles. The van der Waals surface area contributed by atoms with Crippen molar-refractivity contribution in [3.8, 4) is 17.0 Å². The number of aromatic nitrogens is 3. The Morgan fingerprint density at radius 2 is 1.75 bits per heavy atom. The molecule has 1 amide bonds. The van der Waals surface area contributed by atoms with Crippen molar-refractivity contribution in [2.75, 3.05) is 25.3 Å². The molecule has 0 aliphatic carbocycles. The molecule has 4 aromatic rings. The van der Waals surface area contributed by atoms with Crippen LogP contribution >= 0.6 is 11.8 Å². The van der Waals surface area contributed by atoms with E-state index in [4.69, 9.17) is 4.74 Å². The number of anilines is 1. The highest BCUT2D eigenvalue weighted by Gasteiger charge is 2.10. The van der Waals surface area contributed by atoms with E-state index in [1.54, 1.807) is 35.9 Å². The molecule has 1 N–H and O–H groups in total. The minimum absolute atomic E-state index is 0.174. The number of methoxy groups -OCH3 is 2. The molecular formula is C23H20N4O4S. The van der Waals surface area contributed by atoms with Gasteiger partial charge in [-0.2, -0.15) is 5.10 Å². The maximum absolute atomic E-state index is 12.3. The van der Waals surface area contributed by atoms with Crippen molar-refractivity contribution < 1.29 is 19.1 Å². The van der Waals surface area contributed by atoms with Crippen molar-refractivity contribution in [3.63, 3.8) is 0 Å². The molecule has 0 fully saturated rings. The molecule has 0 atom stereocenters. The number of hydrogen-bond acceptors (Lipinski definition) is 7. The predicted octanol–water partition coefficient (Wildman–Crippen LogP) is 3.92. The van der Waals surface area contributed by atoms with Gasteiger partial charge < -0.3 is 14.8 Å². The van der Waals surface area contributed by atoms with Crippen LogP contribution < -0.4 is 10.1 Å². The highest BCUT2D eigenvalue weighted by atomic mass is 32.2. The average Bonchev–Trinajstić information content (AvgIpc) is 3.26. The smallest absolute Gasteiger partial charge is 0.337 e. The predicted molar refractivity (Wildman–Crippen MR) is 122 cm³/mol. The van der Waals surface area contributed by atoms with Crippen molar-refractivity contribution in [2.45, 2.75) is 5.03 Å². The summed E-state index contributed by atoms with van der Waals surface area (Å²) in [6.07, 6.45) is 1.85. The number of imidazole rings is 1. The molecule has 32 heavy (non-hydrogen) atoms. The molecule has 0 unspecified atom stereocenters. The first kappa shape index (κ1) is 21.4. The van der Waals surface area contributed by atoms with Crippen LogP contribution in [0.25, 0.3) is 16.9 Å². The van der Waals surface area contributed by atoms with Crippen molar-refractivity contribution in [2.24, 2.45) is 0 Å². The Balaban J connectivity index is 1.38. The van der Waals surface area contributed by atoms with E-state index in [1.165, 1.54) is 18.9 Å². The van der Waals surface area contributed by atoms with Crippen LogP contribution in [0.3, 0.4) is 0 Å². The van der Waals surface area contributed by atoms with E-state index in [2.05, 4.69) is 20.1 Å². The second-order valence-corrected chi connectivity index (χ2v) is 7.73. The van der Waals surface area contributed by atoms with Crippen molar-refractivity contribution in [1.29, 1.82) is 0 Å². The average molecular weight is 449 g/mol. The standard InChI is InChI=1S/C23H20N4O4S/c1-30-18-9-5-15(6-10-18)19-13-27-20(25-19)11-12-22(26-27)32-14-21(28)24-17-7-3-16(4-8-17)23(29)31-2/h3-13H,14H2,1-2H3,(H,24,28). The Morgan fingerprint density at radius 1 is 1.00 bits per heavy atom. The third kappa shape index (κ3) is 4.89. The van der Waals surface area contributed by atoms with Crippen molar-refractivity contribution in [3.05, 3.63) is 72.4 Å². The number of carbonyl (C=O) groups is 2. The molecule has 8 nitrogen and oxygen atoms in total. The third-order valence-corrected chi connectivity index (χ3v) is 5.54. The first-order valence-corrected chi connectivity index (χ1v) is 10.7. The minimum atomic E-state index is -0.422. The molecule has 0 saturated heterocycles. The van der Waals surface area contributed by atoms with E-state index in [0.717, 1.165) is 22.7 Å². The summed E-state index contributed by atoms with van der Waals surface area (Å²) in [4.78, 5) is 28.4. The number of nitrogens with zero attached hydrogens (tertiary/aromatic N) is 3. The zero-order chi connectivity index (χ0) is 22.5. The Hall–Kier alpha value is -3.85. The molecule has 2 heterocycles. The zero-order valence-electron chi connectivity index (χ0n) is 17.4. The van der Waals surface area contributed by atoms with Gasteiger partial charge in [-0.05, 0) is 60.7 Å². The second-order valence-electron chi connectivity index (χ2n) is 6.73. The topological polar surface area (TPSA) is 94.8 Å². The number of rotatable bonds is 7. The molecule has 0 aliphatic heterocycles. The van der Waals surface area contributed by atoms with Crippen LogP contribution in [0.5, 0.6) is 5.75 Å². The van der Waals surface area contributed by atoms with Gasteiger partial charge in [0.25, 0.3) is 0 Å². The SMILES string of the molecule is COC(=O)c1ccc(NC(=O)CSc2ccc3nc(-c4ccc(OC)cc4)cn3n2)cc1. The van der Waals surface area contributed by atoms with Gasteiger partial charge in [0.05, 0.1) is 37.4 Å². The van der Waals surface area contributed by atoms with Crippen LogP contribution in [0.4, 0.5) is 5.69 Å². The molecular weight excluding hydrogens is 428 g/mol. The van der Waals surface area contributed by atoms with Gasteiger partial charge in [-0.3, -0.25) is 4.79 Å². The lowest BCUT2D eigenvalue weighted by atomic mass is 10.2. The summed E-state index contributed by atoms with van der Waals surface area (Å²) in [5.74, 6) is 0.380. The highest BCUT2D eigenvalue weighted by Crippen LogP contribution is 2.23. The van der Waals surface area contributed by atoms with Crippen LogP contribution in [-0.2, 0) is 9.53 Å². The summed E-state index contributed by atoms with van der Waals surface area (Å²) >= 11 is 1.32. The summed E-state index contributed by atoms with van der Waals surface area (Å²) in [5.41, 5.74) is 3.51. The van der Waals surface area contributed by atoms with E-state index in [1.807, 2.05) is 42.6 Å². The van der Waals surface area contributed by atoms with Gasteiger partial charge in [0.15, 0.2) is 5.65 Å². The number of benzene rings is 2. The van der Waals surface area contributed by atoms with Gasteiger partial charge in [-0.15, -0.1) is 0 Å². The summed E-state index contributed by atoms with van der Waals surface area (Å²) in [5, 5.41) is 8.04. The monoisotopic (exact) mass is 448 g/mol. The Kier molecular flexibility index (Phi) is 6.37. The Bertz CT molecular complexity index is 1250. The lowest BCUT2D eigenvalue weighted by Gasteiger charge is -2.06. The number of nitrogens with one attached hydrogen (secondary N) is 1. The normalized spacial score (nSPS) is 10.7. The lowest BCUT2D eigenvalue weighted by Crippen LogP contribution is -2.14. The second kappa shape index (κ2) is 9.52. The highest BCUT2D eigenvalue weighted by molar-refractivity contribution is 7.99. The van der Waals surface area contributed by atoms with Gasteiger partial charge in [-0.25, -0.2) is 14.3 Å². The number of hydrogen-bond donors (Lipinski definition) is 1. The lowest BCUT2D eigenvalue weighted by molar-refractivity contribution is -0.113. The van der Waals surface area contributed by atoms with Crippen molar-refractivity contribution in [1.82, 2.24) is 14.6 Å². The molecule has 0 spiro atoms. The molecule has 0 radical (unpaired) electrons. The maximum atomic E-state index is 12.3. The number of carbonyl (C=O) groups excluding carboxylic acids is 2. The van der Waals surface area contributed by atoms with E-state index in [0.29, 0.717) is 16.3 Å². The number of ether oxygens (including phenoxy) is 2. The first-order chi connectivity index (χ1) is 15.6. The zero-order valence-corrected chi connectivity index (χ0v) is 18.3. The molecule has 2 aromatic carbocycles. The fraction of sp³-hybridized carbons (Fsp3) is 0.130. The molecule has 9 heteroatoms. The van der Waals surface area contributed by atoms with Crippen LogP contribution in [0.1, 0.15) is 10.4 Å². The molecule has 162 valence electrons. The maximum Gasteiger partial charge on any atom is 0.337 e. The van der Waals surface area contributed by atoms with E-state index >= 15 is 0 Å². The molecule has 0 saturated carbocycles. The largest absolute Gasteiger partial charge is 0.497 e. The van der Waals surface area contributed by atoms with Crippen LogP contribution in [0.15, 0.2) is 71.9 Å². The minimum Gasteiger partial charge on any atom is -0.497 e. The fourth-order valence-corrected chi connectivity index (χ4v) is 3.65. The van der Waals surface area contributed by atoms with E-state index in [9.17, 15) is 9.59 Å². The number of thioether (sulfide) groups is 1. The van der Waals surface area contributed by atoms with Gasteiger partial charge in [0.1, 0.15) is 10.8 Å².